The van der Waals surface area contributed by atoms with Gasteiger partial charge in [0.25, 0.3) is 5.95 Å². The van der Waals surface area contributed by atoms with Crippen LogP contribution in [0, 0.1) is 0 Å². The first-order valence-electron chi connectivity index (χ1n) is 6.74. The molecule has 0 amide bonds. The van der Waals surface area contributed by atoms with E-state index in [4.69, 9.17) is 18.9 Å². The molecule has 1 aliphatic rings. The second kappa shape index (κ2) is 5.93. The van der Waals surface area contributed by atoms with Crippen molar-refractivity contribution in [2.45, 2.75) is 5.92 Å². The van der Waals surface area contributed by atoms with Crippen LogP contribution in [0.4, 0.5) is 0 Å². The molecule has 3 rings (SSSR count). The van der Waals surface area contributed by atoms with Crippen LogP contribution in [0.2, 0.25) is 0 Å². The molecule has 0 radical (unpaired) electrons. The van der Waals surface area contributed by atoms with E-state index in [0.717, 1.165) is 16.9 Å². The Hall–Kier alpha value is -2.76. The minimum atomic E-state index is -0.124. The molecule has 1 atom stereocenters. The number of aromatic nitrogens is 2. The fourth-order valence-corrected chi connectivity index (χ4v) is 2.40. The summed E-state index contributed by atoms with van der Waals surface area (Å²) in [6, 6.07) is 8.02. The van der Waals surface area contributed by atoms with Crippen LogP contribution in [0.1, 0.15) is 17.0 Å². The number of rotatable bonds is 4. The molecule has 114 valence electrons. The Bertz CT molecular complexity index is 715. The summed E-state index contributed by atoms with van der Waals surface area (Å²) in [6.45, 7) is 0. The summed E-state index contributed by atoms with van der Waals surface area (Å²) in [4.78, 5) is 8.42. The van der Waals surface area contributed by atoms with Crippen LogP contribution in [0.3, 0.4) is 0 Å². The monoisotopic (exact) mass is 300 g/mol. The van der Waals surface area contributed by atoms with Gasteiger partial charge >= 0.3 is 6.01 Å². The average molecular weight is 300 g/mol. The molecule has 22 heavy (non-hydrogen) atoms. The highest BCUT2D eigenvalue weighted by Gasteiger charge is 2.27. The SMILES string of the molecule is COC1=CC(c2cnc(OC)nc2OC)c2ccccc2O1. The molecule has 0 saturated heterocycles. The van der Waals surface area contributed by atoms with Crippen molar-refractivity contribution in [2.75, 3.05) is 21.3 Å². The van der Waals surface area contributed by atoms with Crippen LogP contribution in [-0.2, 0) is 4.74 Å². The zero-order valence-corrected chi connectivity index (χ0v) is 12.6. The molecule has 0 spiro atoms. The van der Waals surface area contributed by atoms with Gasteiger partial charge in [0.1, 0.15) is 5.75 Å². The van der Waals surface area contributed by atoms with E-state index in [9.17, 15) is 0 Å². The fourth-order valence-electron chi connectivity index (χ4n) is 2.40. The number of nitrogens with zero attached hydrogens (tertiary/aromatic N) is 2. The van der Waals surface area contributed by atoms with Crippen LogP contribution < -0.4 is 14.2 Å². The third-order valence-corrected chi connectivity index (χ3v) is 3.44. The van der Waals surface area contributed by atoms with Crippen molar-refractivity contribution in [2.24, 2.45) is 0 Å². The van der Waals surface area contributed by atoms with E-state index in [2.05, 4.69) is 9.97 Å². The maximum absolute atomic E-state index is 5.68. The molecule has 0 N–H and O–H groups in total. The summed E-state index contributed by atoms with van der Waals surface area (Å²) in [7, 11) is 4.65. The lowest BCUT2D eigenvalue weighted by molar-refractivity contribution is 0.144. The number of fused-ring (bicyclic) bond motifs is 1. The number of methoxy groups -OCH3 is 3. The van der Waals surface area contributed by atoms with Gasteiger partial charge in [0.15, 0.2) is 0 Å². The normalized spacial score (nSPS) is 16.1. The standard InChI is InChI=1S/C16H16N2O4/c1-19-14-8-11(10-6-4-5-7-13(10)22-14)12-9-17-16(21-3)18-15(12)20-2/h4-9,11H,1-3H3. The highest BCUT2D eigenvalue weighted by Crippen LogP contribution is 2.40. The van der Waals surface area contributed by atoms with E-state index in [1.165, 1.54) is 7.11 Å². The van der Waals surface area contributed by atoms with Crippen LogP contribution in [-0.4, -0.2) is 31.3 Å². The first kappa shape index (κ1) is 14.2. The molecule has 0 bridgehead atoms. The van der Waals surface area contributed by atoms with Crippen molar-refractivity contribution < 1.29 is 18.9 Å². The molecule has 1 aromatic heterocycles. The number of benzene rings is 1. The van der Waals surface area contributed by atoms with Crippen molar-refractivity contribution in [1.29, 1.82) is 0 Å². The van der Waals surface area contributed by atoms with Gasteiger partial charge in [0, 0.05) is 29.3 Å². The summed E-state index contributed by atoms with van der Waals surface area (Å²) < 4.78 is 21.4. The first-order chi connectivity index (χ1) is 10.8. The van der Waals surface area contributed by atoms with Gasteiger partial charge in [-0.05, 0) is 6.07 Å². The van der Waals surface area contributed by atoms with E-state index >= 15 is 0 Å². The minimum Gasteiger partial charge on any atom is -0.481 e. The molecule has 1 aliphatic heterocycles. The van der Waals surface area contributed by atoms with E-state index in [1.807, 2.05) is 30.3 Å². The highest BCUT2D eigenvalue weighted by molar-refractivity contribution is 5.50. The second-order valence-corrected chi connectivity index (χ2v) is 4.63. The number of ether oxygens (including phenoxy) is 4. The Morgan fingerprint density at radius 3 is 2.55 bits per heavy atom. The van der Waals surface area contributed by atoms with Gasteiger partial charge in [-0.25, -0.2) is 4.98 Å². The second-order valence-electron chi connectivity index (χ2n) is 4.63. The lowest BCUT2D eigenvalue weighted by atomic mass is 9.91. The topological polar surface area (TPSA) is 62.7 Å². The minimum absolute atomic E-state index is 0.124. The van der Waals surface area contributed by atoms with Crippen molar-refractivity contribution in [3.8, 4) is 17.6 Å². The Labute approximate surface area is 128 Å². The molecule has 0 saturated carbocycles. The molecule has 6 nitrogen and oxygen atoms in total. The quantitative estimate of drug-likeness (QED) is 0.864. The summed E-state index contributed by atoms with van der Waals surface area (Å²) in [5, 5.41) is 0. The van der Waals surface area contributed by atoms with E-state index in [0.29, 0.717) is 11.8 Å². The van der Waals surface area contributed by atoms with E-state index < -0.39 is 0 Å². The summed E-state index contributed by atoms with van der Waals surface area (Å²) in [5.41, 5.74) is 1.81. The Morgan fingerprint density at radius 2 is 1.82 bits per heavy atom. The zero-order valence-electron chi connectivity index (χ0n) is 12.6. The molecule has 2 aromatic rings. The maximum atomic E-state index is 5.68. The smallest absolute Gasteiger partial charge is 0.319 e. The van der Waals surface area contributed by atoms with Gasteiger partial charge in [-0.3, -0.25) is 0 Å². The zero-order chi connectivity index (χ0) is 15.5. The van der Waals surface area contributed by atoms with Gasteiger partial charge in [0.05, 0.1) is 21.3 Å². The predicted octanol–water partition coefficient (Wildman–Crippen LogP) is 2.51. The average Bonchev–Trinajstić information content (AvgIpc) is 2.60. The van der Waals surface area contributed by atoms with Gasteiger partial charge in [-0.2, -0.15) is 4.98 Å². The van der Waals surface area contributed by atoms with Gasteiger partial charge in [0.2, 0.25) is 5.88 Å². The van der Waals surface area contributed by atoms with E-state index in [-0.39, 0.29) is 11.9 Å². The number of allylic oxidation sites excluding steroid dienone is 1. The van der Waals surface area contributed by atoms with Crippen molar-refractivity contribution in [3.63, 3.8) is 0 Å². The van der Waals surface area contributed by atoms with Gasteiger partial charge in [-0.15, -0.1) is 0 Å². The Kier molecular flexibility index (Phi) is 3.82. The highest BCUT2D eigenvalue weighted by atomic mass is 16.7. The van der Waals surface area contributed by atoms with Crippen LogP contribution in [0.25, 0.3) is 0 Å². The lowest BCUT2D eigenvalue weighted by Crippen LogP contribution is -2.13. The van der Waals surface area contributed by atoms with Crippen LogP contribution in [0.5, 0.6) is 17.6 Å². The molecular formula is C16H16N2O4. The molecule has 1 unspecified atom stereocenters. The third-order valence-electron chi connectivity index (χ3n) is 3.44. The van der Waals surface area contributed by atoms with Crippen molar-refractivity contribution >= 4 is 0 Å². The predicted molar refractivity (Wildman–Crippen MR) is 79.1 cm³/mol. The van der Waals surface area contributed by atoms with Crippen LogP contribution in [0.15, 0.2) is 42.5 Å². The summed E-state index contributed by atoms with van der Waals surface area (Å²) in [6.07, 6.45) is 3.57. The largest absolute Gasteiger partial charge is 0.481 e. The van der Waals surface area contributed by atoms with Crippen molar-refractivity contribution in [3.05, 3.63) is 53.6 Å². The Morgan fingerprint density at radius 1 is 1.00 bits per heavy atom. The van der Waals surface area contributed by atoms with Crippen molar-refractivity contribution in [1.82, 2.24) is 9.97 Å². The number of para-hydroxylation sites is 1. The first-order valence-corrected chi connectivity index (χ1v) is 6.74. The Balaban J connectivity index is 2.13. The molecule has 1 aromatic carbocycles. The molecule has 0 aliphatic carbocycles. The van der Waals surface area contributed by atoms with Gasteiger partial charge in [-0.1, -0.05) is 18.2 Å². The lowest BCUT2D eigenvalue weighted by Gasteiger charge is -2.24. The third kappa shape index (κ3) is 2.43. The number of hydrogen-bond acceptors (Lipinski definition) is 6. The molecule has 0 fully saturated rings. The molecule has 6 heteroatoms. The number of hydrogen-bond donors (Lipinski definition) is 0. The molecule has 2 heterocycles. The summed E-state index contributed by atoms with van der Waals surface area (Å²) in [5.74, 6) is 1.51. The summed E-state index contributed by atoms with van der Waals surface area (Å²) >= 11 is 0. The van der Waals surface area contributed by atoms with Gasteiger partial charge < -0.3 is 18.9 Å². The molecular weight excluding hydrogens is 284 g/mol. The maximum Gasteiger partial charge on any atom is 0.319 e. The fraction of sp³-hybridized carbons (Fsp3) is 0.250. The van der Waals surface area contributed by atoms with Crippen LogP contribution >= 0.6 is 0 Å². The van der Waals surface area contributed by atoms with E-state index in [1.54, 1.807) is 20.4 Å².